The lowest BCUT2D eigenvalue weighted by atomic mass is 10.1. The minimum Gasteiger partial charge on any atom is -0.315 e. The fourth-order valence-electron chi connectivity index (χ4n) is 2.60. The van der Waals surface area contributed by atoms with Crippen molar-refractivity contribution in [2.45, 2.75) is 32.2 Å². The molecule has 0 bridgehead atoms. The Morgan fingerprint density at radius 2 is 1.88 bits per heavy atom. The first kappa shape index (κ1) is 12.6. The maximum atomic E-state index is 3.57. The monoisotopic (exact) mass is 232 g/mol. The van der Waals surface area contributed by atoms with Gasteiger partial charge in [-0.1, -0.05) is 37.3 Å². The van der Waals surface area contributed by atoms with E-state index in [1.54, 1.807) is 0 Å². The molecule has 1 atom stereocenters. The van der Waals surface area contributed by atoms with Crippen LogP contribution in [0.3, 0.4) is 0 Å². The molecule has 0 spiro atoms. The van der Waals surface area contributed by atoms with Crippen LogP contribution in [0.15, 0.2) is 30.3 Å². The molecule has 1 aliphatic rings. The zero-order valence-corrected chi connectivity index (χ0v) is 10.9. The predicted octanol–water partition coefficient (Wildman–Crippen LogP) is 2.82. The molecular weight excluding hydrogens is 208 g/mol. The second-order valence-electron chi connectivity index (χ2n) is 4.87. The van der Waals surface area contributed by atoms with E-state index < -0.39 is 0 Å². The third-order valence-electron chi connectivity index (χ3n) is 3.53. The van der Waals surface area contributed by atoms with Crippen molar-refractivity contribution in [3.63, 3.8) is 0 Å². The lowest BCUT2D eigenvalue weighted by Crippen LogP contribution is -2.34. The van der Waals surface area contributed by atoms with Crippen molar-refractivity contribution in [2.24, 2.45) is 0 Å². The Kier molecular flexibility index (Phi) is 5.02. The third kappa shape index (κ3) is 3.55. The van der Waals surface area contributed by atoms with Crippen molar-refractivity contribution in [3.05, 3.63) is 35.9 Å². The van der Waals surface area contributed by atoms with Gasteiger partial charge in [0.15, 0.2) is 0 Å². The van der Waals surface area contributed by atoms with Crippen LogP contribution in [0.5, 0.6) is 0 Å². The summed E-state index contributed by atoms with van der Waals surface area (Å²) in [4.78, 5) is 2.62. The van der Waals surface area contributed by atoms with Crippen molar-refractivity contribution in [3.8, 4) is 0 Å². The van der Waals surface area contributed by atoms with Gasteiger partial charge in [0.1, 0.15) is 0 Å². The Morgan fingerprint density at radius 1 is 1.18 bits per heavy atom. The average molecular weight is 232 g/mol. The van der Waals surface area contributed by atoms with Gasteiger partial charge in [0.05, 0.1) is 0 Å². The highest BCUT2D eigenvalue weighted by atomic mass is 15.2. The minimum atomic E-state index is 0.560. The molecule has 2 rings (SSSR count). The Labute approximate surface area is 105 Å². The van der Waals surface area contributed by atoms with Crippen LogP contribution < -0.4 is 5.32 Å². The van der Waals surface area contributed by atoms with Crippen LogP contribution in [0.4, 0.5) is 0 Å². The SMILES string of the molecule is CCCNCC(c1ccccc1)N1CCCC1. The van der Waals surface area contributed by atoms with Crippen LogP contribution in [-0.2, 0) is 0 Å². The van der Waals surface area contributed by atoms with E-state index >= 15 is 0 Å². The molecule has 1 unspecified atom stereocenters. The predicted molar refractivity (Wildman–Crippen MR) is 73.2 cm³/mol. The number of hydrogen-bond donors (Lipinski definition) is 1. The Morgan fingerprint density at radius 3 is 2.53 bits per heavy atom. The van der Waals surface area contributed by atoms with E-state index in [1.807, 2.05) is 0 Å². The number of nitrogens with one attached hydrogen (secondary N) is 1. The molecule has 2 nitrogen and oxygen atoms in total. The topological polar surface area (TPSA) is 15.3 Å². The molecule has 0 amide bonds. The van der Waals surface area contributed by atoms with E-state index in [0.29, 0.717) is 6.04 Å². The first-order chi connectivity index (χ1) is 8.42. The van der Waals surface area contributed by atoms with E-state index in [0.717, 1.165) is 13.1 Å². The molecule has 1 fully saturated rings. The van der Waals surface area contributed by atoms with Crippen molar-refractivity contribution in [1.29, 1.82) is 0 Å². The summed E-state index contributed by atoms with van der Waals surface area (Å²) in [5, 5.41) is 3.57. The zero-order chi connectivity index (χ0) is 11.9. The zero-order valence-electron chi connectivity index (χ0n) is 10.9. The number of likely N-dealkylation sites (tertiary alicyclic amines) is 1. The van der Waals surface area contributed by atoms with Gasteiger partial charge in [-0.2, -0.15) is 0 Å². The molecular formula is C15H24N2. The molecule has 1 aromatic carbocycles. The highest BCUT2D eigenvalue weighted by Crippen LogP contribution is 2.24. The van der Waals surface area contributed by atoms with E-state index in [2.05, 4.69) is 47.5 Å². The first-order valence-corrected chi connectivity index (χ1v) is 6.91. The van der Waals surface area contributed by atoms with Crippen molar-refractivity contribution in [2.75, 3.05) is 26.2 Å². The van der Waals surface area contributed by atoms with Gasteiger partial charge >= 0.3 is 0 Å². The van der Waals surface area contributed by atoms with Gasteiger partial charge in [0.2, 0.25) is 0 Å². The van der Waals surface area contributed by atoms with E-state index in [1.165, 1.54) is 37.9 Å². The fourth-order valence-corrected chi connectivity index (χ4v) is 2.60. The summed E-state index contributed by atoms with van der Waals surface area (Å²) in [6.07, 6.45) is 3.93. The van der Waals surface area contributed by atoms with Gasteiger partial charge in [-0.15, -0.1) is 0 Å². The Hall–Kier alpha value is -0.860. The van der Waals surface area contributed by atoms with E-state index in [-0.39, 0.29) is 0 Å². The summed E-state index contributed by atoms with van der Waals surface area (Å²) in [7, 11) is 0. The van der Waals surface area contributed by atoms with Crippen LogP contribution in [0, 0.1) is 0 Å². The molecule has 17 heavy (non-hydrogen) atoms. The van der Waals surface area contributed by atoms with Crippen molar-refractivity contribution >= 4 is 0 Å². The molecule has 0 saturated carbocycles. The molecule has 0 aliphatic carbocycles. The second kappa shape index (κ2) is 6.77. The van der Waals surface area contributed by atoms with Crippen LogP contribution in [0.1, 0.15) is 37.8 Å². The summed E-state index contributed by atoms with van der Waals surface area (Å²) in [5.41, 5.74) is 1.46. The highest BCUT2D eigenvalue weighted by Gasteiger charge is 2.22. The van der Waals surface area contributed by atoms with Crippen LogP contribution in [-0.4, -0.2) is 31.1 Å². The summed E-state index contributed by atoms with van der Waals surface area (Å²) in [5.74, 6) is 0. The molecule has 2 heteroatoms. The second-order valence-corrected chi connectivity index (χ2v) is 4.87. The summed E-state index contributed by atoms with van der Waals surface area (Å²) < 4.78 is 0. The molecule has 1 N–H and O–H groups in total. The number of nitrogens with zero attached hydrogens (tertiary/aromatic N) is 1. The maximum absolute atomic E-state index is 3.57. The quantitative estimate of drug-likeness (QED) is 0.759. The smallest absolute Gasteiger partial charge is 0.0472 e. The first-order valence-electron chi connectivity index (χ1n) is 6.91. The Balaban J connectivity index is 2.01. The lowest BCUT2D eigenvalue weighted by molar-refractivity contribution is 0.239. The average Bonchev–Trinajstić information content (AvgIpc) is 2.89. The molecule has 1 aliphatic heterocycles. The van der Waals surface area contributed by atoms with Crippen LogP contribution in [0.25, 0.3) is 0 Å². The van der Waals surface area contributed by atoms with Crippen LogP contribution >= 0.6 is 0 Å². The summed E-state index contributed by atoms with van der Waals surface area (Å²) in [6, 6.07) is 11.5. The van der Waals surface area contributed by atoms with Gasteiger partial charge in [-0.25, -0.2) is 0 Å². The highest BCUT2D eigenvalue weighted by molar-refractivity contribution is 5.19. The molecule has 94 valence electrons. The van der Waals surface area contributed by atoms with Gasteiger partial charge in [0.25, 0.3) is 0 Å². The van der Waals surface area contributed by atoms with E-state index in [9.17, 15) is 0 Å². The molecule has 0 radical (unpaired) electrons. The number of rotatable bonds is 6. The molecule has 0 aromatic heterocycles. The summed E-state index contributed by atoms with van der Waals surface area (Å²) >= 11 is 0. The lowest BCUT2D eigenvalue weighted by Gasteiger charge is -2.28. The third-order valence-corrected chi connectivity index (χ3v) is 3.53. The van der Waals surface area contributed by atoms with E-state index in [4.69, 9.17) is 0 Å². The molecule has 1 saturated heterocycles. The van der Waals surface area contributed by atoms with Crippen molar-refractivity contribution < 1.29 is 0 Å². The number of hydrogen-bond acceptors (Lipinski definition) is 2. The molecule has 1 heterocycles. The maximum Gasteiger partial charge on any atom is 0.0472 e. The summed E-state index contributed by atoms with van der Waals surface area (Å²) in [6.45, 7) is 6.94. The number of benzene rings is 1. The van der Waals surface area contributed by atoms with Crippen molar-refractivity contribution in [1.82, 2.24) is 10.2 Å². The van der Waals surface area contributed by atoms with Gasteiger partial charge < -0.3 is 5.32 Å². The minimum absolute atomic E-state index is 0.560. The van der Waals surface area contributed by atoms with Crippen LogP contribution in [0.2, 0.25) is 0 Å². The Bertz CT molecular complexity index is 304. The van der Waals surface area contributed by atoms with Gasteiger partial charge in [-0.05, 0) is 44.5 Å². The van der Waals surface area contributed by atoms with Gasteiger partial charge in [0, 0.05) is 12.6 Å². The fraction of sp³-hybridized carbons (Fsp3) is 0.600. The molecule has 1 aromatic rings. The normalized spacial score (nSPS) is 18.4. The van der Waals surface area contributed by atoms with Gasteiger partial charge in [-0.3, -0.25) is 4.90 Å². The largest absolute Gasteiger partial charge is 0.315 e. The standard InChI is InChI=1S/C15H24N2/c1-2-10-16-13-15(17-11-6-7-12-17)14-8-4-3-5-9-14/h3-5,8-9,15-16H,2,6-7,10-13H2,1H3.